The molecule has 0 spiro atoms. The van der Waals surface area contributed by atoms with Crippen molar-refractivity contribution in [3.8, 4) is 5.75 Å². The lowest BCUT2D eigenvalue weighted by Crippen LogP contribution is -2.49. The Morgan fingerprint density at radius 1 is 0.881 bits per heavy atom. The van der Waals surface area contributed by atoms with E-state index in [9.17, 15) is 13.6 Å². The highest BCUT2D eigenvalue weighted by Gasteiger charge is 2.39. The normalized spacial score (nSPS) is 15.0. The van der Waals surface area contributed by atoms with Crippen LogP contribution in [0, 0.1) is 11.6 Å². The van der Waals surface area contributed by atoms with Crippen LogP contribution in [0.3, 0.4) is 0 Å². The van der Waals surface area contributed by atoms with Gasteiger partial charge in [0.1, 0.15) is 23.5 Å². The van der Waals surface area contributed by atoms with Crippen LogP contribution in [0.25, 0.3) is 6.08 Å². The van der Waals surface area contributed by atoms with Crippen LogP contribution < -0.4 is 4.43 Å². The van der Waals surface area contributed by atoms with Gasteiger partial charge in [0.25, 0.3) is 8.32 Å². The summed E-state index contributed by atoms with van der Waals surface area (Å²) >= 11 is 0. The SMILES string of the molecule is CC(C)(C)[Si](C)(C)Oc1ccccc1/C=C/C(=O)N1CCN(CCOC(c2ccc(F)cc2)c2ccc(F)cc2)CC1. The number of hydrogen-bond acceptors (Lipinski definition) is 4. The van der Waals surface area contributed by atoms with Gasteiger partial charge in [0.15, 0.2) is 0 Å². The van der Waals surface area contributed by atoms with Crippen molar-refractivity contribution in [1.29, 1.82) is 0 Å². The molecule has 0 bridgehead atoms. The quantitative estimate of drug-likeness (QED) is 0.183. The molecule has 42 heavy (non-hydrogen) atoms. The predicted molar refractivity (Wildman–Crippen MR) is 167 cm³/mol. The van der Waals surface area contributed by atoms with Gasteiger partial charge in [-0.1, -0.05) is 63.2 Å². The predicted octanol–water partition coefficient (Wildman–Crippen LogP) is 7.31. The summed E-state index contributed by atoms with van der Waals surface area (Å²) in [5.41, 5.74) is 2.52. The molecule has 1 amide bonds. The summed E-state index contributed by atoms with van der Waals surface area (Å²) in [6.07, 6.45) is 3.07. The largest absolute Gasteiger partial charge is 0.543 e. The molecule has 1 heterocycles. The number of piperazine rings is 1. The molecule has 1 fully saturated rings. The van der Waals surface area contributed by atoms with Gasteiger partial charge >= 0.3 is 0 Å². The second-order valence-electron chi connectivity index (χ2n) is 12.3. The van der Waals surface area contributed by atoms with Crippen LogP contribution in [0.5, 0.6) is 5.75 Å². The Bertz CT molecular complexity index is 1300. The number of rotatable bonds is 10. The lowest BCUT2D eigenvalue weighted by molar-refractivity contribution is -0.127. The minimum Gasteiger partial charge on any atom is -0.543 e. The molecule has 3 aromatic rings. The van der Waals surface area contributed by atoms with Gasteiger partial charge in [-0.15, -0.1) is 0 Å². The van der Waals surface area contributed by atoms with Crippen molar-refractivity contribution in [1.82, 2.24) is 9.80 Å². The average molecular weight is 593 g/mol. The number of halogens is 2. The Kier molecular flexibility index (Phi) is 10.4. The van der Waals surface area contributed by atoms with Crippen LogP contribution in [0.2, 0.25) is 18.1 Å². The first kappa shape index (κ1) is 31.6. The van der Waals surface area contributed by atoms with Gasteiger partial charge in [0.2, 0.25) is 5.91 Å². The number of nitrogens with zero attached hydrogens (tertiary/aromatic N) is 2. The number of hydrogen-bond donors (Lipinski definition) is 0. The summed E-state index contributed by atoms with van der Waals surface area (Å²) in [6.45, 7) is 14.9. The lowest BCUT2D eigenvalue weighted by Gasteiger charge is -2.37. The first-order valence-corrected chi connectivity index (χ1v) is 17.4. The van der Waals surface area contributed by atoms with Crippen LogP contribution in [-0.2, 0) is 9.53 Å². The Hall–Kier alpha value is -3.33. The third kappa shape index (κ3) is 8.37. The molecule has 0 N–H and O–H groups in total. The molecular weight excluding hydrogens is 550 g/mol. The van der Waals surface area contributed by atoms with Crippen molar-refractivity contribution < 1.29 is 22.7 Å². The Morgan fingerprint density at radius 3 is 1.98 bits per heavy atom. The van der Waals surface area contributed by atoms with E-state index in [-0.39, 0.29) is 22.6 Å². The van der Waals surface area contributed by atoms with Gasteiger partial charge in [0, 0.05) is 44.4 Å². The maximum Gasteiger partial charge on any atom is 0.250 e. The molecule has 0 saturated carbocycles. The van der Waals surface area contributed by atoms with Gasteiger partial charge in [-0.05, 0) is 65.7 Å². The monoisotopic (exact) mass is 592 g/mol. The summed E-state index contributed by atoms with van der Waals surface area (Å²) in [7, 11) is -2.01. The molecule has 0 unspecified atom stereocenters. The third-order valence-corrected chi connectivity index (χ3v) is 12.6. The van der Waals surface area contributed by atoms with Crippen LogP contribution >= 0.6 is 0 Å². The molecule has 0 aromatic heterocycles. The number of carbonyl (C=O) groups excluding carboxylic acids is 1. The molecule has 1 aliphatic heterocycles. The van der Waals surface area contributed by atoms with Crippen molar-refractivity contribution in [3.05, 3.63) is 107 Å². The maximum absolute atomic E-state index is 13.5. The topological polar surface area (TPSA) is 42.0 Å². The van der Waals surface area contributed by atoms with Gasteiger partial charge in [-0.2, -0.15) is 0 Å². The van der Waals surface area contributed by atoms with E-state index in [1.54, 1.807) is 30.3 Å². The van der Waals surface area contributed by atoms with E-state index in [4.69, 9.17) is 9.16 Å². The fraction of sp³-hybridized carbons (Fsp3) is 0.382. The summed E-state index contributed by atoms with van der Waals surface area (Å²) in [5, 5.41) is 0.0766. The second-order valence-corrected chi connectivity index (χ2v) is 17.0. The number of para-hydroxylation sites is 1. The lowest BCUT2D eigenvalue weighted by atomic mass is 10.0. The molecule has 8 heteroatoms. The fourth-order valence-corrected chi connectivity index (χ4v) is 5.60. The number of benzene rings is 3. The van der Waals surface area contributed by atoms with Gasteiger partial charge in [0.05, 0.1) is 6.61 Å². The Balaban J connectivity index is 1.29. The van der Waals surface area contributed by atoms with E-state index in [1.807, 2.05) is 35.2 Å². The zero-order chi connectivity index (χ0) is 30.3. The molecule has 224 valence electrons. The van der Waals surface area contributed by atoms with Gasteiger partial charge in [-0.3, -0.25) is 9.69 Å². The zero-order valence-electron chi connectivity index (χ0n) is 25.3. The third-order valence-electron chi connectivity index (χ3n) is 8.22. The van der Waals surface area contributed by atoms with Crippen molar-refractivity contribution in [3.63, 3.8) is 0 Å². The van der Waals surface area contributed by atoms with Crippen molar-refractivity contribution >= 4 is 20.3 Å². The summed E-state index contributed by atoms with van der Waals surface area (Å²) < 4.78 is 39.8. The highest BCUT2D eigenvalue weighted by atomic mass is 28.4. The van der Waals surface area contributed by atoms with Crippen molar-refractivity contribution in [2.24, 2.45) is 0 Å². The number of carbonyl (C=O) groups is 1. The van der Waals surface area contributed by atoms with Crippen molar-refractivity contribution in [2.75, 3.05) is 39.3 Å². The van der Waals surface area contributed by atoms with Crippen LogP contribution in [0.15, 0.2) is 78.9 Å². The molecule has 0 aliphatic carbocycles. The molecule has 0 atom stereocenters. The van der Waals surface area contributed by atoms with Gasteiger partial charge < -0.3 is 14.1 Å². The van der Waals surface area contributed by atoms with Crippen LogP contribution in [-0.4, -0.2) is 63.4 Å². The highest BCUT2D eigenvalue weighted by Crippen LogP contribution is 2.38. The number of amides is 1. The van der Waals surface area contributed by atoms with E-state index in [1.165, 1.54) is 24.3 Å². The van der Waals surface area contributed by atoms with E-state index in [0.717, 1.165) is 35.5 Å². The summed E-state index contributed by atoms with van der Waals surface area (Å²) in [5.74, 6) is 0.170. The molecule has 1 saturated heterocycles. The molecule has 0 radical (unpaired) electrons. The highest BCUT2D eigenvalue weighted by molar-refractivity contribution is 6.74. The summed E-state index contributed by atoms with van der Waals surface area (Å²) in [6, 6.07) is 20.3. The second kappa shape index (κ2) is 13.8. The van der Waals surface area contributed by atoms with E-state index >= 15 is 0 Å². The fourth-order valence-electron chi connectivity index (χ4n) is 4.56. The minimum atomic E-state index is -2.01. The molecule has 5 nitrogen and oxygen atoms in total. The van der Waals surface area contributed by atoms with Crippen LogP contribution in [0.4, 0.5) is 8.78 Å². The van der Waals surface area contributed by atoms with Crippen molar-refractivity contribution in [2.45, 2.75) is 45.0 Å². The first-order chi connectivity index (χ1) is 19.9. The first-order valence-electron chi connectivity index (χ1n) is 14.5. The van der Waals surface area contributed by atoms with E-state index in [0.29, 0.717) is 26.2 Å². The molecule has 4 rings (SSSR count). The Morgan fingerprint density at radius 2 is 1.43 bits per heavy atom. The standard InChI is InChI=1S/C34H42F2N2O3Si/c1-34(2,3)42(4,5)41-31-9-7-6-8-26(31)14-19-32(39)38-22-20-37(21-23-38)24-25-40-33(27-10-15-29(35)16-11-27)28-12-17-30(36)18-13-28/h6-19,33H,20-25H2,1-5H3/b19-14+. The average Bonchev–Trinajstić information content (AvgIpc) is 2.95. The van der Waals surface area contributed by atoms with Gasteiger partial charge in [-0.25, -0.2) is 8.78 Å². The smallest absolute Gasteiger partial charge is 0.250 e. The summed E-state index contributed by atoms with van der Waals surface area (Å²) in [4.78, 5) is 17.1. The molecular formula is C34H42F2N2O3Si. The molecule has 3 aromatic carbocycles. The van der Waals surface area contributed by atoms with Crippen LogP contribution in [0.1, 0.15) is 43.6 Å². The minimum absolute atomic E-state index is 0.0132. The maximum atomic E-state index is 13.5. The zero-order valence-corrected chi connectivity index (χ0v) is 26.3. The van der Waals surface area contributed by atoms with E-state index in [2.05, 4.69) is 38.8 Å². The Labute approximate surface area is 249 Å². The molecule has 1 aliphatic rings. The number of ether oxygens (including phenoxy) is 1. The van der Waals surface area contributed by atoms with E-state index < -0.39 is 14.4 Å².